The van der Waals surface area contributed by atoms with Crippen molar-refractivity contribution in [1.29, 1.82) is 0 Å². The summed E-state index contributed by atoms with van der Waals surface area (Å²) in [4.78, 5) is 12.5. The number of rotatable bonds is 2. The van der Waals surface area contributed by atoms with E-state index in [9.17, 15) is 4.79 Å². The number of Topliss-reactive ketones (excluding diaryl/α,β-unsaturated/α-hetero) is 1. The molecule has 0 radical (unpaired) electrons. The summed E-state index contributed by atoms with van der Waals surface area (Å²) >= 11 is 0. The fourth-order valence-corrected chi connectivity index (χ4v) is 2.43. The van der Waals surface area contributed by atoms with Crippen LogP contribution in [0.25, 0.3) is 0 Å². The molecule has 3 nitrogen and oxygen atoms in total. The number of fused-ring (bicyclic) bond motifs is 1. The average molecular weight is 264 g/mol. The Bertz CT molecular complexity index is 647. The minimum Gasteiger partial charge on any atom is -0.287 e. The number of hydrogen-bond donors (Lipinski definition) is 1. The monoisotopic (exact) mass is 264 g/mol. The zero-order valence-electron chi connectivity index (χ0n) is 11.2. The molecular formula is C17H16N2O. The number of para-hydroxylation sites is 1. The van der Waals surface area contributed by atoms with Gasteiger partial charge in [0, 0.05) is 5.56 Å². The standard InChI is InChI=1S/C17H16N2O/c20-17-15-11-5-4-7-13(15)8-6-12-16(17)19-18-14-9-2-1-3-10-14/h1-5,7,9-11,18H,6,8,12H2/b19-16-. The Morgan fingerprint density at radius 1 is 0.900 bits per heavy atom. The minimum absolute atomic E-state index is 0.0431. The van der Waals surface area contributed by atoms with E-state index in [1.807, 2.05) is 54.6 Å². The maximum absolute atomic E-state index is 12.5. The van der Waals surface area contributed by atoms with Gasteiger partial charge in [-0.15, -0.1) is 0 Å². The first-order chi connectivity index (χ1) is 9.84. The van der Waals surface area contributed by atoms with Gasteiger partial charge in [-0.25, -0.2) is 0 Å². The molecule has 0 heterocycles. The zero-order valence-corrected chi connectivity index (χ0v) is 11.2. The molecule has 0 aromatic heterocycles. The van der Waals surface area contributed by atoms with Crippen molar-refractivity contribution in [3.05, 3.63) is 65.7 Å². The third-order valence-electron chi connectivity index (χ3n) is 3.48. The van der Waals surface area contributed by atoms with Crippen LogP contribution < -0.4 is 5.43 Å². The molecule has 0 spiro atoms. The van der Waals surface area contributed by atoms with E-state index in [1.165, 1.54) is 0 Å². The Kier molecular flexibility index (Phi) is 3.59. The lowest BCUT2D eigenvalue weighted by molar-refractivity contribution is 0.106. The van der Waals surface area contributed by atoms with Gasteiger partial charge in [0.25, 0.3) is 0 Å². The number of nitrogens with one attached hydrogen (secondary N) is 1. The van der Waals surface area contributed by atoms with Gasteiger partial charge in [-0.2, -0.15) is 5.10 Å². The molecule has 0 fully saturated rings. The van der Waals surface area contributed by atoms with Crippen LogP contribution in [0.2, 0.25) is 0 Å². The predicted molar refractivity (Wildman–Crippen MR) is 81.2 cm³/mol. The highest BCUT2D eigenvalue weighted by Gasteiger charge is 2.20. The summed E-state index contributed by atoms with van der Waals surface area (Å²) in [5.41, 5.74) is 6.39. The van der Waals surface area contributed by atoms with Crippen molar-refractivity contribution in [2.45, 2.75) is 19.3 Å². The molecule has 1 aliphatic carbocycles. The van der Waals surface area contributed by atoms with E-state index < -0.39 is 0 Å². The third kappa shape index (κ3) is 2.62. The number of nitrogens with zero attached hydrogens (tertiary/aromatic N) is 1. The van der Waals surface area contributed by atoms with Gasteiger partial charge in [0.1, 0.15) is 5.71 Å². The molecule has 3 rings (SSSR count). The van der Waals surface area contributed by atoms with Crippen LogP contribution in [0.3, 0.4) is 0 Å². The number of benzene rings is 2. The van der Waals surface area contributed by atoms with Gasteiger partial charge < -0.3 is 0 Å². The van der Waals surface area contributed by atoms with E-state index in [1.54, 1.807) is 0 Å². The molecule has 2 aromatic rings. The van der Waals surface area contributed by atoms with Crippen LogP contribution in [0.15, 0.2) is 59.7 Å². The van der Waals surface area contributed by atoms with Crippen LogP contribution >= 0.6 is 0 Å². The molecule has 0 aliphatic heterocycles. The molecule has 0 atom stereocenters. The van der Waals surface area contributed by atoms with Crippen molar-refractivity contribution < 1.29 is 4.79 Å². The SMILES string of the molecule is O=C1/C(=N\Nc2ccccc2)CCCc2ccccc21. The summed E-state index contributed by atoms with van der Waals surface area (Å²) in [7, 11) is 0. The number of anilines is 1. The number of carbonyl (C=O) groups is 1. The Morgan fingerprint density at radius 2 is 1.65 bits per heavy atom. The van der Waals surface area contributed by atoms with Crippen molar-refractivity contribution in [2.75, 3.05) is 5.43 Å². The van der Waals surface area contributed by atoms with Crippen LogP contribution in [0.1, 0.15) is 28.8 Å². The maximum Gasteiger partial charge on any atom is 0.209 e. The van der Waals surface area contributed by atoms with E-state index in [4.69, 9.17) is 0 Å². The van der Waals surface area contributed by atoms with Gasteiger partial charge in [0.15, 0.2) is 0 Å². The molecule has 1 aliphatic rings. The van der Waals surface area contributed by atoms with Crippen LogP contribution in [-0.4, -0.2) is 11.5 Å². The van der Waals surface area contributed by atoms with Gasteiger partial charge in [0.2, 0.25) is 5.78 Å². The Labute approximate surface area is 118 Å². The summed E-state index contributed by atoms with van der Waals surface area (Å²) in [5, 5.41) is 4.31. The lowest BCUT2D eigenvalue weighted by Crippen LogP contribution is -2.15. The smallest absolute Gasteiger partial charge is 0.209 e. The molecule has 100 valence electrons. The topological polar surface area (TPSA) is 41.5 Å². The first-order valence-electron chi connectivity index (χ1n) is 6.85. The summed E-state index contributed by atoms with van der Waals surface area (Å²) in [6, 6.07) is 17.5. The molecule has 1 N–H and O–H groups in total. The Hall–Kier alpha value is -2.42. The van der Waals surface area contributed by atoms with Crippen molar-refractivity contribution in [3.63, 3.8) is 0 Å². The molecule has 0 unspecified atom stereocenters. The van der Waals surface area contributed by atoms with Crippen molar-refractivity contribution in [2.24, 2.45) is 5.10 Å². The molecule has 0 amide bonds. The van der Waals surface area contributed by atoms with E-state index in [-0.39, 0.29) is 5.78 Å². The normalized spacial score (nSPS) is 16.6. The number of ketones is 1. The number of aryl methyl sites for hydroxylation is 1. The number of hydrogen-bond acceptors (Lipinski definition) is 3. The quantitative estimate of drug-likeness (QED) is 0.664. The average Bonchev–Trinajstić information content (AvgIpc) is 2.66. The fourth-order valence-electron chi connectivity index (χ4n) is 2.43. The molecule has 0 saturated carbocycles. The predicted octanol–water partition coefficient (Wildman–Crippen LogP) is 3.67. The highest BCUT2D eigenvalue weighted by molar-refractivity contribution is 6.46. The maximum atomic E-state index is 12.5. The van der Waals surface area contributed by atoms with E-state index in [0.29, 0.717) is 12.1 Å². The lowest BCUT2D eigenvalue weighted by atomic mass is 10.0. The van der Waals surface area contributed by atoms with Crippen LogP contribution in [0.5, 0.6) is 0 Å². The second-order valence-corrected chi connectivity index (χ2v) is 4.88. The first-order valence-corrected chi connectivity index (χ1v) is 6.85. The van der Waals surface area contributed by atoms with Crippen LogP contribution in [0, 0.1) is 0 Å². The second-order valence-electron chi connectivity index (χ2n) is 4.88. The largest absolute Gasteiger partial charge is 0.287 e. The van der Waals surface area contributed by atoms with E-state index in [2.05, 4.69) is 10.5 Å². The van der Waals surface area contributed by atoms with Crippen molar-refractivity contribution >= 4 is 17.2 Å². The van der Waals surface area contributed by atoms with Crippen molar-refractivity contribution in [1.82, 2.24) is 0 Å². The van der Waals surface area contributed by atoms with E-state index >= 15 is 0 Å². The third-order valence-corrected chi connectivity index (χ3v) is 3.48. The Morgan fingerprint density at radius 3 is 2.50 bits per heavy atom. The zero-order chi connectivity index (χ0) is 13.8. The summed E-state index contributed by atoms with van der Waals surface area (Å²) in [6.45, 7) is 0. The highest BCUT2D eigenvalue weighted by atomic mass is 16.1. The Balaban J connectivity index is 1.86. The van der Waals surface area contributed by atoms with Gasteiger partial charge in [-0.05, 0) is 37.0 Å². The molecule has 3 heteroatoms. The summed E-state index contributed by atoms with van der Waals surface area (Å²) in [6.07, 6.45) is 2.61. The minimum atomic E-state index is 0.0431. The highest BCUT2D eigenvalue weighted by Crippen LogP contribution is 2.19. The van der Waals surface area contributed by atoms with Gasteiger partial charge in [-0.1, -0.05) is 42.5 Å². The van der Waals surface area contributed by atoms with Crippen LogP contribution in [-0.2, 0) is 6.42 Å². The summed E-state index contributed by atoms with van der Waals surface area (Å²) < 4.78 is 0. The summed E-state index contributed by atoms with van der Waals surface area (Å²) in [5.74, 6) is 0.0431. The molecule has 0 saturated heterocycles. The van der Waals surface area contributed by atoms with Crippen LogP contribution in [0.4, 0.5) is 5.69 Å². The van der Waals surface area contributed by atoms with Gasteiger partial charge >= 0.3 is 0 Å². The molecular weight excluding hydrogens is 248 g/mol. The molecule has 0 bridgehead atoms. The number of carbonyl (C=O) groups excluding carboxylic acids is 1. The van der Waals surface area contributed by atoms with Gasteiger partial charge in [0.05, 0.1) is 5.69 Å². The fraction of sp³-hybridized carbons (Fsp3) is 0.176. The second kappa shape index (κ2) is 5.70. The molecule has 2 aromatic carbocycles. The lowest BCUT2D eigenvalue weighted by Gasteiger charge is -2.05. The number of hydrazone groups is 1. The van der Waals surface area contributed by atoms with Crippen molar-refractivity contribution in [3.8, 4) is 0 Å². The van der Waals surface area contributed by atoms with Gasteiger partial charge in [-0.3, -0.25) is 10.2 Å². The van der Waals surface area contributed by atoms with E-state index in [0.717, 1.165) is 29.7 Å². The molecule has 20 heavy (non-hydrogen) atoms. The first kappa shape index (κ1) is 12.6.